The quantitative estimate of drug-likeness (QED) is 0.506. The number of rotatable bonds is 6. The molecule has 0 radical (unpaired) electrons. The Labute approximate surface area is 170 Å². The van der Waals surface area contributed by atoms with Crippen molar-refractivity contribution in [3.8, 4) is 11.5 Å². The lowest BCUT2D eigenvalue weighted by atomic mass is 9.96. The Morgan fingerprint density at radius 3 is 2.72 bits per heavy atom. The molecule has 0 aliphatic heterocycles. The monoisotopic (exact) mass is 386 g/mol. The highest BCUT2D eigenvalue weighted by molar-refractivity contribution is 5.86. The van der Waals surface area contributed by atoms with Gasteiger partial charge in [0, 0.05) is 28.3 Å². The Morgan fingerprint density at radius 2 is 1.93 bits per heavy atom. The summed E-state index contributed by atoms with van der Waals surface area (Å²) in [5.74, 6) is 1.82. The zero-order valence-electron chi connectivity index (χ0n) is 16.5. The van der Waals surface area contributed by atoms with E-state index < -0.39 is 0 Å². The van der Waals surface area contributed by atoms with E-state index in [2.05, 4.69) is 15.3 Å². The van der Waals surface area contributed by atoms with E-state index in [0.29, 0.717) is 12.1 Å². The molecule has 2 heterocycles. The van der Waals surface area contributed by atoms with Crippen molar-refractivity contribution in [3.05, 3.63) is 89.7 Å². The third kappa shape index (κ3) is 3.99. The van der Waals surface area contributed by atoms with Crippen LogP contribution in [0.5, 0.6) is 11.5 Å². The van der Waals surface area contributed by atoms with Crippen LogP contribution in [0.4, 0.5) is 5.82 Å². The number of nitrogens with one attached hydrogen (secondary N) is 2. The van der Waals surface area contributed by atoms with Crippen molar-refractivity contribution in [3.63, 3.8) is 0 Å². The van der Waals surface area contributed by atoms with Gasteiger partial charge < -0.3 is 9.84 Å². The number of aromatic amines is 1. The molecule has 2 aromatic carbocycles. The molecule has 0 aliphatic rings. The molecule has 0 bridgehead atoms. The van der Waals surface area contributed by atoms with Gasteiger partial charge in [-0.3, -0.25) is 5.32 Å². The van der Waals surface area contributed by atoms with E-state index in [4.69, 9.17) is 4.74 Å². The van der Waals surface area contributed by atoms with E-state index in [0.717, 1.165) is 33.8 Å². The number of hydrogen-bond acceptors (Lipinski definition) is 4. The first-order chi connectivity index (χ1) is 14.2. The van der Waals surface area contributed by atoms with Crippen LogP contribution in [0.15, 0.2) is 72.9 Å². The van der Waals surface area contributed by atoms with E-state index in [1.54, 1.807) is 0 Å². The summed E-state index contributed by atoms with van der Waals surface area (Å²) in [7, 11) is 0. The minimum Gasteiger partial charge on any atom is -0.505 e. The van der Waals surface area contributed by atoms with E-state index in [1.807, 2.05) is 86.8 Å². The fourth-order valence-electron chi connectivity index (χ4n) is 3.45. The summed E-state index contributed by atoms with van der Waals surface area (Å²) in [4.78, 5) is 7.76. The number of aromatic hydroxyl groups is 1. The van der Waals surface area contributed by atoms with Crippen LogP contribution in [0, 0.1) is 6.92 Å². The van der Waals surface area contributed by atoms with Crippen molar-refractivity contribution in [2.45, 2.75) is 19.9 Å². The Kier molecular flexibility index (Phi) is 5.29. The van der Waals surface area contributed by atoms with Gasteiger partial charge in [0.15, 0.2) is 0 Å². The van der Waals surface area contributed by atoms with Crippen molar-refractivity contribution in [1.82, 2.24) is 4.98 Å². The van der Waals surface area contributed by atoms with E-state index >= 15 is 0 Å². The summed E-state index contributed by atoms with van der Waals surface area (Å²) in [5.41, 5.74) is 3.20. The van der Waals surface area contributed by atoms with Gasteiger partial charge in [-0.05, 0) is 44.2 Å². The number of benzene rings is 2. The highest BCUT2D eigenvalue weighted by Crippen LogP contribution is 2.37. The molecule has 0 fully saturated rings. The minimum absolute atomic E-state index is 0.182. The number of H-pyrrole nitrogens is 1. The Balaban J connectivity index is 1.85. The second-order valence-electron chi connectivity index (χ2n) is 6.89. The maximum absolute atomic E-state index is 11.1. The molecule has 4 aromatic rings. The third-order valence-electron chi connectivity index (χ3n) is 4.83. The number of ether oxygens (including phenoxy) is 1. The molecular weight excluding hydrogens is 362 g/mol. The van der Waals surface area contributed by atoms with Crippen LogP contribution in [0.1, 0.15) is 29.8 Å². The van der Waals surface area contributed by atoms with Crippen LogP contribution >= 0.6 is 0 Å². The first-order valence-electron chi connectivity index (χ1n) is 9.71. The van der Waals surface area contributed by atoms with E-state index in [-0.39, 0.29) is 11.8 Å². The molecule has 29 heavy (non-hydrogen) atoms. The van der Waals surface area contributed by atoms with E-state index in [1.165, 1.54) is 0 Å². The summed E-state index contributed by atoms with van der Waals surface area (Å²) in [6.07, 6.45) is 1.86. The molecule has 0 aliphatic carbocycles. The zero-order chi connectivity index (χ0) is 20.2. The lowest BCUT2D eigenvalue weighted by molar-refractivity contribution is -0.361. The Hall–Kier alpha value is -3.60. The molecular formula is C24H24N3O2+. The largest absolute Gasteiger partial charge is 0.505 e. The predicted octanol–water partition coefficient (Wildman–Crippen LogP) is 4.66. The van der Waals surface area contributed by atoms with Gasteiger partial charge in [-0.15, -0.1) is 0 Å². The van der Waals surface area contributed by atoms with Crippen LogP contribution in [-0.4, -0.2) is 16.7 Å². The smallest absolute Gasteiger partial charge is 0.272 e. The normalized spacial score (nSPS) is 11.9. The molecule has 0 saturated carbocycles. The van der Waals surface area contributed by atoms with Gasteiger partial charge in [0.05, 0.1) is 12.8 Å². The second-order valence-corrected chi connectivity index (χ2v) is 6.89. The van der Waals surface area contributed by atoms with Crippen LogP contribution in [0.25, 0.3) is 10.9 Å². The van der Waals surface area contributed by atoms with Crippen LogP contribution in [0.3, 0.4) is 0 Å². The van der Waals surface area contributed by atoms with Crippen LogP contribution in [-0.2, 0) is 0 Å². The molecule has 0 amide bonds. The SMILES string of the molecule is CCOc1cccc([C@H](Nc2cccc[nH+]2)c2ccc3ccc(C)nc3c2O)c1. The number of phenols is 1. The highest BCUT2D eigenvalue weighted by Gasteiger charge is 2.24. The number of phenolic OH excluding ortho intramolecular Hbond substituents is 1. The number of anilines is 1. The highest BCUT2D eigenvalue weighted by atomic mass is 16.5. The van der Waals surface area contributed by atoms with Gasteiger partial charge >= 0.3 is 0 Å². The number of nitrogens with zero attached hydrogens (tertiary/aromatic N) is 1. The fraction of sp³-hybridized carbons (Fsp3) is 0.167. The lowest BCUT2D eigenvalue weighted by Gasteiger charge is -2.18. The second kappa shape index (κ2) is 8.19. The maximum Gasteiger partial charge on any atom is 0.272 e. The first kappa shape index (κ1) is 18.7. The Morgan fingerprint density at radius 1 is 1.07 bits per heavy atom. The molecule has 146 valence electrons. The molecule has 4 rings (SSSR count). The van der Waals surface area contributed by atoms with Gasteiger partial charge in [-0.25, -0.2) is 9.97 Å². The summed E-state index contributed by atoms with van der Waals surface area (Å²) >= 11 is 0. The van der Waals surface area contributed by atoms with Crippen molar-refractivity contribution in [1.29, 1.82) is 0 Å². The maximum atomic E-state index is 11.1. The zero-order valence-corrected chi connectivity index (χ0v) is 16.5. The molecule has 1 atom stereocenters. The molecule has 5 nitrogen and oxygen atoms in total. The topological polar surface area (TPSA) is 68.5 Å². The molecule has 0 spiro atoms. The van der Waals surface area contributed by atoms with Crippen molar-refractivity contribution >= 4 is 16.7 Å². The summed E-state index contributed by atoms with van der Waals surface area (Å²) in [6.45, 7) is 4.48. The number of hydrogen-bond donors (Lipinski definition) is 2. The predicted molar refractivity (Wildman–Crippen MR) is 114 cm³/mol. The Bertz CT molecular complexity index is 1130. The minimum atomic E-state index is -0.291. The van der Waals surface area contributed by atoms with Gasteiger partial charge in [0.1, 0.15) is 23.1 Å². The summed E-state index contributed by atoms with van der Waals surface area (Å²) < 4.78 is 5.69. The van der Waals surface area contributed by atoms with Crippen LogP contribution in [0.2, 0.25) is 0 Å². The van der Waals surface area contributed by atoms with Crippen LogP contribution < -0.4 is 15.0 Å². The molecule has 2 aromatic heterocycles. The number of aryl methyl sites for hydroxylation is 1. The first-order valence-corrected chi connectivity index (χ1v) is 9.71. The van der Waals surface area contributed by atoms with E-state index in [9.17, 15) is 5.11 Å². The fourth-order valence-corrected chi connectivity index (χ4v) is 3.45. The number of aromatic nitrogens is 2. The van der Waals surface area contributed by atoms with Crippen molar-refractivity contribution < 1.29 is 14.8 Å². The average molecular weight is 386 g/mol. The molecule has 0 saturated heterocycles. The molecule has 5 heteroatoms. The van der Waals surface area contributed by atoms with Gasteiger partial charge in [-0.1, -0.05) is 30.3 Å². The van der Waals surface area contributed by atoms with Gasteiger partial charge in [0.25, 0.3) is 5.82 Å². The van der Waals surface area contributed by atoms with Crippen molar-refractivity contribution in [2.24, 2.45) is 0 Å². The summed E-state index contributed by atoms with van der Waals surface area (Å²) in [5, 5.41) is 15.5. The van der Waals surface area contributed by atoms with Gasteiger partial charge in [-0.2, -0.15) is 0 Å². The average Bonchev–Trinajstić information content (AvgIpc) is 2.74. The van der Waals surface area contributed by atoms with Gasteiger partial charge in [0.2, 0.25) is 0 Å². The number of fused-ring (bicyclic) bond motifs is 1. The standard InChI is InChI=1S/C24H23N3O2/c1-3-29-19-8-6-7-18(15-19)22(27-21-9-4-5-14-25-21)20-13-12-17-11-10-16(2)26-23(17)24(20)28/h4-15,22,28H,3H2,1-2H3,(H,25,27)/p+1/t22-/m0/s1. The lowest BCUT2D eigenvalue weighted by Crippen LogP contribution is -2.19. The third-order valence-corrected chi connectivity index (χ3v) is 4.83. The number of pyridine rings is 2. The summed E-state index contributed by atoms with van der Waals surface area (Å²) in [6, 6.07) is 21.3. The molecule has 3 N–H and O–H groups in total. The molecule has 0 unspecified atom stereocenters. The van der Waals surface area contributed by atoms with Crippen molar-refractivity contribution in [2.75, 3.05) is 11.9 Å².